The average molecular weight is 409 g/mol. The van der Waals surface area contributed by atoms with Gasteiger partial charge in [-0.15, -0.1) is 11.3 Å². The largest absolute Gasteiger partial charge is 0.452 e. The van der Waals surface area contributed by atoms with E-state index in [9.17, 15) is 9.59 Å². The van der Waals surface area contributed by atoms with Crippen molar-refractivity contribution in [2.24, 2.45) is 5.92 Å². The van der Waals surface area contributed by atoms with Crippen molar-refractivity contribution in [2.75, 3.05) is 6.61 Å². The molecule has 1 heterocycles. The molecular formula is C23H24N2O3S. The summed E-state index contributed by atoms with van der Waals surface area (Å²) in [4.78, 5) is 28.7. The Labute approximate surface area is 174 Å². The monoisotopic (exact) mass is 408 g/mol. The van der Waals surface area contributed by atoms with Gasteiger partial charge < -0.3 is 10.1 Å². The predicted octanol–water partition coefficient (Wildman–Crippen LogP) is 4.76. The Kier molecular flexibility index (Phi) is 7.14. The second kappa shape index (κ2) is 9.98. The molecule has 0 aliphatic heterocycles. The molecule has 0 saturated heterocycles. The van der Waals surface area contributed by atoms with Gasteiger partial charge in [0.2, 0.25) is 0 Å². The lowest BCUT2D eigenvalue weighted by Crippen LogP contribution is -2.33. The summed E-state index contributed by atoms with van der Waals surface area (Å²) in [6.45, 7) is 3.90. The lowest BCUT2D eigenvalue weighted by molar-refractivity contribution is -0.144. The Balaban J connectivity index is 1.52. The van der Waals surface area contributed by atoms with Gasteiger partial charge in [-0.3, -0.25) is 4.79 Å². The number of ether oxygens (including phenoxy) is 1. The van der Waals surface area contributed by atoms with Crippen LogP contribution in [0.15, 0.2) is 60.7 Å². The molecule has 1 aromatic heterocycles. The predicted molar refractivity (Wildman–Crippen MR) is 116 cm³/mol. The molecule has 150 valence electrons. The van der Waals surface area contributed by atoms with Crippen molar-refractivity contribution >= 4 is 39.5 Å². The maximum atomic E-state index is 12.3. The number of nitrogens with zero attached hydrogens (tertiary/aromatic N) is 1. The van der Waals surface area contributed by atoms with Gasteiger partial charge in [-0.1, -0.05) is 56.3 Å². The second-order valence-electron chi connectivity index (χ2n) is 7.12. The van der Waals surface area contributed by atoms with E-state index >= 15 is 0 Å². The molecule has 1 amide bonds. The fourth-order valence-corrected chi connectivity index (χ4v) is 3.83. The fourth-order valence-electron chi connectivity index (χ4n) is 2.96. The summed E-state index contributed by atoms with van der Waals surface area (Å²) < 4.78 is 6.13. The number of fused-ring (bicyclic) bond motifs is 1. The number of carbonyl (C=O) groups excluding carboxylic acids is 2. The molecule has 1 atom stereocenters. The zero-order valence-electron chi connectivity index (χ0n) is 16.5. The zero-order chi connectivity index (χ0) is 20.6. The number of para-hydroxylation sites is 1. The molecule has 0 saturated carbocycles. The van der Waals surface area contributed by atoms with Crippen molar-refractivity contribution in [1.29, 1.82) is 0 Å². The van der Waals surface area contributed by atoms with Crippen LogP contribution in [0.2, 0.25) is 0 Å². The van der Waals surface area contributed by atoms with Crippen molar-refractivity contribution in [3.8, 4) is 0 Å². The number of nitrogens with one attached hydrogen (secondary N) is 1. The standard InChI is InChI=1S/C23H24N2O3S/c1-16(2)14-19(17-8-4-3-5-9-17)24-21(26)15-28-23(27)13-12-22-25-18-10-6-7-11-20(18)29-22/h3-13,16,19H,14-15H2,1-2H3,(H,24,26)/b13-12+/t19-/m0/s1. The molecule has 1 N–H and O–H groups in total. The van der Waals surface area contributed by atoms with Gasteiger partial charge in [0.25, 0.3) is 5.91 Å². The first kappa shape index (κ1) is 20.7. The van der Waals surface area contributed by atoms with Crippen LogP contribution in [0.5, 0.6) is 0 Å². The summed E-state index contributed by atoms with van der Waals surface area (Å²) in [5.74, 6) is -0.472. The number of hydrogen-bond donors (Lipinski definition) is 1. The molecule has 3 rings (SSSR count). The van der Waals surface area contributed by atoms with Gasteiger partial charge in [0.1, 0.15) is 5.01 Å². The Hall–Kier alpha value is -2.99. The van der Waals surface area contributed by atoms with Crippen LogP contribution in [0.4, 0.5) is 0 Å². The first-order valence-electron chi connectivity index (χ1n) is 9.56. The van der Waals surface area contributed by atoms with Crippen LogP contribution in [0.3, 0.4) is 0 Å². The van der Waals surface area contributed by atoms with Crippen molar-refractivity contribution in [3.05, 3.63) is 71.2 Å². The molecule has 0 aliphatic rings. The quantitative estimate of drug-likeness (QED) is 0.431. The van der Waals surface area contributed by atoms with E-state index in [4.69, 9.17) is 4.74 Å². The third-order valence-corrected chi connectivity index (χ3v) is 5.26. The number of benzene rings is 2. The van der Waals surface area contributed by atoms with Crippen LogP contribution >= 0.6 is 11.3 Å². The molecular weight excluding hydrogens is 384 g/mol. The molecule has 0 bridgehead atoms. The highest BCUT2D eigenvalue weighted by Gasteiger charge is 2.16. The minimum Gasteiger partial charge on any atom is -0.452 e. The number of aromatic nitrogens is 1. The van der Waals surface area contributed by atoms with Crippen molar-refractivity contribution in [1.82, 2.24) is 10.3 Å². The van der Waals surface area contributed by atoms with Crippen LogP contribution in [0, 0.1) is 5.92 Å². The van der Waals surface area contributed by atoms with E-state index in [1.165, 1.54) is 17.4 Å². The SMILES string of the molecule is CC(C)C[C@H](NC(=O)COC(=O)/C=C/c1nc2ccccc2s1)c1ccccc1. The van der Waals surface area contributed by atoms with E-state index in [-0.39, 0.29) is 18.6 Å². The maximum absolute atomic E-state index is 12.3. The topological polar surface area (TPSA) is 68.3 Å². The van der Waals surface area contributed by atoms with Gasteiger partial charge in [0.05, 0.1) is 16.3 Å². The smallest absolute Gasteiger partial charge is 0.331 e. The molecule has 0 unspecified atom stereocenters. The summed E-state index contributed by atoms with van der Waals surface area (Å²) in [5, 5.41) is 3.68. The zero-order valence-corrected chi connectivity index (χ0v) is 17.3. The first-order chi connectivity index (χ1) is 14.0. The average Bonchev–Trinajstić information content (AvgIpc) is 3.13. The molecule has 2 aromatic carbocycles. The molecule has 0 spiro atoms. The molecule has 29 heavy (non-hydrogen) atoms. The highest BCUT2D eigenvalue weighted by atomic mass is 32.1. The van der Waals surface area contributed by atoms with E-state index in [2.05, 4.69) is 24.1 Å². The molecule has 0 aliphatic carbocycles. The van der Waals surface area contributed by atoms with E-state index in [1.54, 1.807) is 6.08 Å². The van der Waals surface area contributed by atoms with Gasteiger partial charge in [0.15, 0.2) is 6.61 Å². The molecule has 5 nitrogen and oxygen atoms in total. The minimum atomic E-state index is -0.570. The normalized spacial score (nSPS) is 12.4. The Morgan fingerprint density at radius 3 is 2.55 bits per heavy atom. The third kappa shape index (κ3) is 6.26. The van der Waals surface area contributed by atoms with Gasteiger partial charge in [-0.05, 0) is 36.1 Å². The summed E-state index contributed by atoms with van der Waals surface area (Å²) in [6.07, 6.45) is 3.71. The molecule has 6 heteroatoms. The summed E-state index contributed by atoms with van der Waals surface area (Å²) in [5.41, 5.74) is 1.93. The number of hydrogen-bond acceptors (Lipinski definition) is 5. The van der Waals surface area contributed by atoms with E-state index in [1.807, 2.05) is 54.6 Å². The lowest BCUT2D eigenvalue weighted by Gasteiger charge is -2.21. The van der Waals surface area contributed by atoms with E-state index in [0.29, 0.717) is 10.9 Å². The third-order valence-electron chi connectivity index (χ3n) is 4.26. The van der Waals surface area contributed by atoms with Gasteiger partial charge in [-0.2, -0.15) is 0 Å². The number of rotatable bonds is 8. The summed E-state index contributed by atoms with van der Waals surface area (Å²) >= 11 is 1.49. The van der Waals surface area contributed by atoms with Crippen molar-refractivity contribution < 1.29 is 14.3 Å². The molecule has 3 aromatic rings. The highest BCUT2D eigenvalue weighted by molar-refractivity contribution is 7.19. The van der Waals surface area contributed by atoms with Crippen molar-refractivity contribution in [2.45, 2.75) is 26.3 Å². The van der Waals surface area contributed by atoms with Crippen LogP contribution < -0.4 is 5.32 Å². The van der Waals surface area contributed by atoms with Gasteiger partial charge >= 0.3 is 5.97 Å². The number of thiazole rings is 1. The molecule has 0 fully saturated rings. The fraction of sp³-hybridized carbons (Fsp3) is 0.261. The first-order valence-corrected chi connectivity index (χ1v) is 10.4. The summed E-state index contributed by atoms with van der Waals surface area (Å²) in [7, 11) is 0. The van der Waals surface area contributed by atoms with Crippen LogP contribution in [-0.4, -0.2) is 23.5 Å². The van der Waals surface area contributed by atoms with E-state index < -0.39 is 5.97 Å². The van der Waals surface area contributed by atoms with Crippen molar-refractivity contribution in [3.63, 3.8) is 0 Å². The number of amides is 1. The minimum absolute atomic E-state index is 0.110. The summed E-state index contributed by atoms with van der Waals surface area (Å²) in [6, 6.07) is 17.5. The Morgan fingerprint density at radius 1 is 1.10 bits per heavy atom. The highest BCUT2D eigenvalue weighted by Crippen LogP contribution is 2.22. The second-order valence-corrected chi connectivity index (χ2v) is 8.18. The number of esters is 1. The molecule has 0 radical (unpaired) electrons. The Morgan fingerprint density at radius 2 is 1.83 bits per heavy atom. The van der Waals surface area contributed by atoms with Crippen LogP contribution in [0.1, 0.15) is 36.9 Å². The van der Waals surface area contributed by atoms with Gasteiger partial charge in [0, 0.05) is 6.08 Å². The van der Waals surface area contributed by atoms with Crippen LogP contribution in [0.25, 0.3) is 16.3 Å². The van der Waals surface area contributed by atoms with E-state index in [0.717, 1.165) is 22.2 Å². The Bertz CT molecular complexity index is 963. The number of carbonyl (C=O) groups is 2. The van der Waals surface area contributed by atoms with Gasteiger partial charge in [-0.25, -0.2) is 9.78 Å². The maximum Gasteiger partial charge on any atom is 0.331 e. The lowest BCUT2D eigenvalue weighted by atomic mass is 9.97. The van der Waals surface area contributed by atoms with Crippen LogP contribution in [-0.2, 0) is 14.3 Å².